The van der Waals surface area contributed by atoms with E-state index in [1.165, 1.54) is 6.92 Å². The van der Waals surface area contributed by atoms with Crippen molar-refractivity contribution in [1.29, 1.82) is 0 Å². The molecule has 0 saturated heterocycles. The fraction of sp³-hybridized carbons (Fsp3) is 0.250. The Bertz CT molecular complexity index is 436. The second-order valence-corrected chi connectivity index (χ2v) is 4.24. The van der Waals surface area contributed by atoms with Gasteiger partial charge in [0.05, 0.1) is 3.57 Å². The quantitative estimate of drug-likeness (QED) is 0.596. The van der Waals surface area contributed by atoms with E-state index in [1.807, 2.05) is 0 Å². The van der Waals surface area contributed by atoms with E-state index in [0.717, 1.165) is 6.20 Å². The van der Waals surface area contributed by atoms with E-state index in [4.69, 9.17) is 11.6 Å². The van der Waals surface area contributed by atoms with E-state index in [0.29, 0.717) is 0 Å². The molecule has 88 valence electrons. The topological polar surface area (TPSA) is 39.2 Å². The van der Waals surface area contributed by atoms with Gasteiger partial charge in [-0.05, 0) is 41.1 Å². The van der Waals surface area contributed by atoms with Crippen molar-refractivity contribution < 1.29 is 22.7 Å². The molecule has 3 nitrogen and oxygen atoms in total. The van der Waals surface area contributed by atoms with Gasteiger partial charge in [0.2, 0.25) is 0 Å². The number of aromatic nitrogens is 1. The molecule has 1 aromatic rings. The van der Waals surface area contributed by atoms with Crippen LogP contribution in [0.5, 0.6) is 5.75 Å². The third-order valence-corrected chi connectivity index (χ3v) is 2.57. The molecule has 0 saturated carbocycles. The molecule has 16 heavy (non-hydrogen) atoms. The van der Waals surface area contributed by atoms with Crippen LogP contribution >= 0.6 is 34.2 Å². The summed E-state index contributed by atoms with van der Waals surface area (Å²) in [4.78, 5) is 14.5. The minimum absolute atomic E-state index is 0.0378. The van der Waals surface area contributed by atoms with Gasteiger partial charge in [0.15, 0.2) is 0 Å². The number of pyridine rings is 1. The highest BCUT2D eigenvalue weighted by Gasteiger charge is 2.33. The molecule has 0 aliphatic heterocycles. The Kier molecular flexibility index (Phi) is 4.00. The maximum Gasteiger partial charge on any atom is 0.573 e. The summed E-state index contributed by atoms with van der Waals surface area (Å²) in [6.07, 6.45) is -3.73. The maximum absolute atomic E-state index is 12.1. The largest absolute Gasteiger partial charge is 0.573 e. The third-order valence-electron chi connectivity index (χ3n) is 1.62. The minimum Gasteiger partial charge on any atom is -0.404 e. The van der Waals surface area contributed by atoms with Crippen molar-refractivity contribution in [3.8, 4) is 5.75 Å². The average molecular weight is 365 g/mol. The molecule has 0 fully saturated rings. The number of alkyl halides is 3. The van der Waals surface area contributed by atoms with Gasteiger partial charge in [-0.25, -0.2) is 0 Å². The molecule has 0 unspecified atom stereocenters. The lowest BCUT2D eigenvalue weighted by atomic mass is 10.2. The Labute approximate surface area is 107 Å². The Balaban J connectivity index is 3.27. The van der Waals surface area contributed by atoms with Crippen LogP contribution in [-0.2, 0) is 0 Å². The van der Waals surface area contributed by atoms with Crippen LogP contribution in [0.15, 0.2) is 6.20 Å². The van der Waals surface area contributed by atoms with Gasteiger partial charge in [-0.1, -0.05) is 0 Å². The molecule has 0 N–H and O–H groups in total. The number of carbonyl (C=O) groups excluding carboxylic acids is 1. The number of ether oxygens (including phenoxy) is 1. The monoisotopic (exact) mass is 365 g/mol. The first-order valence-corrected chi connectivity index (χ1v) is 5.28. The highest BCUT2D eigenvalue weighted by molar-refractivity contribution is 14.1. The summed E-state index contributed by atoms with van der Waals surface area (Å²) in [6, 6.07) is 0. The van der Waals surface area contributed by atoms with E-state index in [2.05, 4.69) is 9.72 Å². The Morgan fingerprint density at radius 3 is 2.56 bits per heavy atom. The van der Waals surface area contributed by atoms with Crippen molar-refractivity contribution in [3.05, 3.63) is 21.0 Å². The molecule has 0 amide bonds. The normalized spacial score (nSPS) is 11.4. The predicted molar refractivity (Wildman–Crippen MR) is 58.6 cm³/mol. The molecule has 8 heteroatoms. The van der Waals surface area contributed by atoms with Crippen LogP contribution in [0.25, 0.3) is 0 Å². The maximum atomic E-state index is 12.1. The van der Waals surface area contributed by atoms with Crippen molar-refractivity contribution in [2.75, 3.05) is 0 Å². The summed E-state index contributed by atoms with van der Waals surface area (Å²) in [7, 11) is 0. The molecular weight excluding hydrogens is 361 g/mol. The van der Waals surface area contributed by atoms with Gasteiger partial charge in [0.1, 0.15) is 11.4 Å². The molecule has 0 bridgehead atoms. The molecule has 1 aromatic heterocycles. The highest BCUT2D eigenvalue weighted by Crippen LogP contribution is 2.32. The molecule has 0 spiro atoms. The summed E-state index contributed by atoms with van der Waals surface area (Å²) in [5.74, 6) is -0.452. The second-order valence-electron chi connectivity index (χ2n) is 2.73. The summed E-state index contributed by atoms with van der Waals surface area (Å²) in [5, 5.41) is -0.930. The number of hydrogen-bond acceptors (Lipinski definition) is 3. The standard InChI is InChI=1S/C8H4ClF3INO2/c1-3-5(7(9)15)14-2-4(13)6(3)16-8(10,11)12/h2H,1H3. The van der Waals surface area contributed by atoms with Gasteiger partial charge in [0.25, 0.3) is 5.24 Å². The van der Waals surface area contributed by atoms with Gasteiger partial charge < -0.3 is 4.74 Å². The van der Waals surface area contributed by atoms with Crippen LogP contribution in [-0.4, -0.2) is 16.6 Å². The molecular formula is C8H4ClF3INO2. The Hall–Kier alpha value is -0.570. The van der Waals surface area contributed by atoms with Crippen LogP contribution in [0.3, 0.4) is 0 Å². The van der Waals surface area contributed by atoms with Crippen LogP contribution < -0.4 is 4.74 Å². The fourth-order valence-electron chi connectivity index (χ4n) is 1.00. The van der Waals surface area contributed by atoms with Crippen molar-refractivity contribution in [2.24, 2.45) is 0 Å². The Morgan fingerprint density at radius 1 is 1.56 bits per heavy atom. The Morgan fingerprint density at radius 2 is 2.12 bits per heavy atom. The van der Waals surface area contributed by atoms with Crippen molar-refractivity contribution in [1.82, 2.24) is 4.98 Å². The van der Waals surface area contributed by atoms with Gasteiger partial charge in [-0.3, -0.25) is 9.78 Å². The number of halogens is 5. The molecule has 0 aliphatic rings. The van der Waals surface area contributed by atoms with Crippen molar-refractivity contribution in [3.63, 3.8) is 0 Å². The SMILES string of the molecule is Cc1c(C(=O)Cl)ncc(I)c1OC(F)(F)F. The molecule has 0 radical (unpaired) electrons. The lowest BCUT2D eigenvalue weighted by Crippen LogP contribution is -2.19. The van der Waals surface area contributed by atoms with E-state index in [9.17, 15) is 18.0 Å². The van der Waals surface area contributed by atoms with Crippen molar-refractivity contribution in [2.45, 2.75) is 13.3 Å². The molecule has 0 atom stereocenters. The highest BCUT2D eigenvalue weighted by atomic mass is 127. The third kappa shape index (κ3) is 3.21. The zero-order chi connectivity index (χ0) is 12.5. The zero-order valence-electron chi connectivity index (χ0n) is 7.73. The van der Waals surface area contributed by atoms with Gasteiger partial charge in [-0.15, -0.1) is 13.2 Å². The van der Waals surface area contributed by atoms with Crippen LogP contribution in [0.1, 0.15) is 16.1 Å². The first kappa shape index (κ1) is 13.5. The molecule has 0 aliphatic carbocycles. The average Bonchev–Trinajstić information content (AvgIpc) is 2.10. The minimum atomic E-state index is -4.82. The van der Waals surface area contributed by atoms with Gasteiger partial charge in [0, 0.05) is 11.8 Å². The fourth-order valence-corrected chi connectivity index (χ4v) is 1.85. The lowest BCUT2D eigenvalue weighted by molar-refractivity contribution is -0.275. The van der Waals surface area contributed by atoms with Gasteiger partial charge >= 0.3 is 6.36 Å². The van der Waals surface area contributed by atoms with E-state index >= 15 is 0 Å². The summed E-state index contributed by atoms with van der Waals surface area (Å²) in [6.45, 7) is 1.28. The predicted octanol–water partition coefficient (Wildman–Crippen LogP) is 3.27. The zero-order valence-corrected chi connectivity index (χ0v) is 10.6. The van der Waals surface area contributed by atoms with E-state index < -0.39 is 17.4 Å². The van der Waals surface area contributed by atoms with Crippen molar-refractivity contribution >= 4 is 39.4 Å². The molecule has 1 rings (SSSR count). The smallest absolute Gasteiger partial charge is 0.404 e. The summed E-state index contributed by atoms with van der Waals surface area (Å²) < 4.78 is 40.2. The first-order valence-electron chi connectivity index (χ1n) is 3.83. The first-order chi connectivity index (χ1) is 7.22. The summed E-state index contributed by atoms with van der Waals surface area (Å²) in [5.41, 5.74) is -0.287. The van der Waals surface area contributed by atoms with Crippen LogP contribution in [0.2, 0.25) is 0 Å². The lowest BCUT2D eigenvalue weighted by Gasteiger charge is -2.13. The number of rotatable bonds is 2. The number of nitrogens with zero attached hydrogens (tertiary/aromatic N) is 1. The number of hydrogen-bond donors (Lipinski definition) is 0. The van der Waals surface area contributed by atoms with Crippen LogP contribution in [0.4, 0.5) is 13.2 Å². The molecule has 1 heterocycles. The van der Waals surface area contributed by atoms with Gasteiger partial charge in [-0.2, -0.15) is 0 Å². The van der Waals surface area contributed by atoms with E-state index in [-0.39, 0.29) is 14.8 Å². The number of carbonyl (C=O) groups is 1. The van der Waals surface area contributed by atoms with E-state index in [1.54, 1.807) is 22.6 Å². The van der Waals surface area contributed by atoms with Crippen LogP contribution in [0, 0.1) is 10.5 Å². The second kappa shape index (κ2) is 4.74. The summed E-state index contributed by atoms with van der Waals surface area (Å²) >= 11 is 6.79. The molecule has 0 aromatic carbocycles.